The topological polar surface area (TPSA) is 93.1 Å². The summed E-state index contributed by atoms with van der Waals surface area (Å²) in [6, 6.07) is 2.11. The second kappa shape index (κ2) is 7.37. The first kappa shape index (κ1) is 19.8. The van der Waals surface area contributed by atoms with Gasteiger partial charge in [-0.15, -0.1) is 4.72 Å². The number of hydrogen-bond donors (Lipinski definition) is 1. The standard InChI is InChI=1S/C16H22F2N4O2S/c1-10(21-25(23)15(2,3)4)13-6-12(18)5-11-7-16(8-17,9-20-22-19)24-14(11)13/h5-6,10,21H,7-9H2,1-4H3/t10-,16+,25-/m1/s1. The summed E-state index contributed by atoms with van der Waals surface area (Å²) in [7, 11) is 0. The van der Waals surface area contributed by atoms with Crippen LogP contribution in [0.25, 0.3) is 10.4 Å². The van der Waals surface area contributed by atoms with Gasteiger partial charge in [0.05, 0.1) is 12.6 Å². The summed E-state index contributed by atoms with van der Waals surface area (Å²) < 4.78 is 48.1. The highest BCUT2D eigenvalue weighted by molar-refractivity contribution is 7.90. The van der Waals surface area contributed by atoms with Crippen LogP contribution in [-0.2, 0) is 17.8 Å². The molecule has 0 saturated heterocycles. The average molecular weight is 372 g/mol. The normalized spacial score (nSPS) is 21.9. The fourth-order valence-electron chi connectivity index (χ4n) is 2.62. The lowest BCUT2D eigenvalue weighted by atomic mass is 9.96. The molecule has 0 fully saturated rings. The van der Waals surface area contributed by atoms with Gasteiger partial charge in [-0.2, -0.15) is 0 Å². The minimum atomic E-state index is -1.37. The minimum Gasteiger partial charge on any atom is -0.598 e. The predicted octanol–water partition coefficient (Wildman–Crippen LogP) is 3.89. The van der Waals surface area contributed by atoms with Gasteiger partial charge in [0.25, 0.3) is 0 Å². The van der Waals surface area contributed by atoms with Crippen LogP contribution in [0.3, 0.4) is 0 Å². The molecule has 138 valence electrons. The molecule has 2 rings (SSSR count). The molecule has 25 heavy (non-hydrogen) atoms. The monoisotopic (exact) mass is 372 g/mol. The highest BCUT2D eigenvalue weighted by atomic mass is 32.2. The van der Waals surface area contributed by atoms with E-state index >= 15 is 0 Å². The molecule has 3 atom stereocenters. The van der Waals surface area contributed by atoms with Crippen LogP contribution < -0.4 is 9.46 Å². The molecular formula is C16H22F2N4O2S. The Hall–Kier alpha value is -1.54. The van der Waals surface area contributed by atoms with E-state index in [2.05, 4.69) is 14.7 Å². The number of halogens is 2. The number of rotatable bonds is 6. The van der Waals surface area contributed by atoms with Gasteiger partial charge in [0, 0.05) is 33.8 Å². The van der Waals surface area contributed by atoms with Crippen LogP contribution in [0.2, 0.25) is 0 Å². The fraction of sp³-hybridized carbons (Fsp3) is 0.625. The molecular weight excluding hydrogens is 350 g/mol. The number of alkyl halides is 1. The first-order valence-corrected chi connectivity index (χ1v) is 9.03. The van der Waals surface area contributed by atoms with Crippen molar-refractivity contribution < 1.29 is 18.1 Å². The van der Waals surface area contributed by atoms with Crippen molar-refractivity contribution >= 4 is 11.4 Å². The van der Waals surface area contributed by atoms with E-state index < -0.39 is 40.2 Å². The summed E-state index contributed by atoms with van der Waals surface area (Å²) in [6.45, 7) is 6.16. The summed E-state index contributed by atoms with van der Waals surface area (Å²) in [5.41, 5.74) is 8.14. The molecule has 0 aliphatic carbocycles. The van der Waals surface area contributed by atoms with E-state index in [4.69, 9.17) is 10.3 Å². The lowest BCUT2D eigenvalue weighted by molar-refractivity contribution is 0.0719. The van der Waals surface area contributed by atoms with Gasteiger partial charge in [-0.25, -0.2) is 8.78 Å². The molecule has 1 aromatic carbocycles. The summed E-state index contributed by atoms with van der Waals surface area (Å²) in [6.07, 6.45) is 0.109. The Balaban J connectivity index is 2.33. The van der Waals surface area contributed by atoms with Crippen molar-refractivity contribution in [1.82, 2.24) is 4.72 Å². The van der Waals surface area contributed by atoms with Gasteiger partial charge in [0.2, 0.25) is 0 Å². The van der Waals surface area contributed by atoms with E-state index in [1.807, 2.05) is 20.8 Å². The summed E-state index contributed by atoms with van der Waals surface area (Å²) in [5, 5.41) is 3.42. The van der Waals surface area contributed by atoms with Crippen molar-refractivity contribution in [3.63, 3.8) is 0 Å². The summed E-state index contributed by atoms with van der Waals surface area (Å²) in [4.78, 5) is 2.65. The van der Waals surface area contributed by atoms with Crippen LogP contribution in [0, 0.1) is 5.82 Å². The van der Waals surface area contributed by atoms with Crippen molar-refractivity contribution in [3.8, 4) is 5.75 Å². The Labute approximate surface area is 148 Å². The first-order valence-electron chi connectivity index (χ1n) is 7.88. The van der Waals surface area contributed by atoms with E-state index in [0.717, 1.165) is 0 Å². The van der Waals surface area contributed by atoms with E-state index in [9.17, 15) is 13.3 Å². The van der Waals surface area contributed by atoms with Crippen LogP contribution in [0.15, 0.2) is 17.2 Å². The lowest BCUT2D eigenvalue weighted by Gasteiger charge is -2.28. The molecule has 1 N–H and O–H groups in total. The van der Waals surface area contributed by atoms with Gasteiger partial charge in [0.1, 0.15) is 28.6 Å². The zero-order valence-corrected chi connectivity index (χ0v) is 15.5. The number of hydrogen-bond acceptors (Lipinski definition) is 4. The quantitative estimate of drug-likeness (QED) is 0.355. The highest BCUT2D eigenvalue weighted by Crippen LogP contribution is 2.41. The Morgan fingerprint density at radius 1 is 1.52 bits per heavy atom. The summed E-state index contributed by atoms with van der Waals surface area (Å²) >= 11 is -1.37. The SMILES string of the molecule is C[C@@H](N[S@+]([O-])C(C)(C)C)c1cc(F)cc2c1O[C@@](CF)(CN=[N+]=[N-])C2. The highest BCUT2D eigenvalue weighted by Gasteiger charge is 2.42. The molecule has 0 unspecified atom stereocenters. The van der Waals surface area contributed by atoms with Crippen molar-refractivity contribution in [2.24, 2.45) is 5.11 Å². The van der Waals surface area contributed by atoms with E-state index in [0.29, 0.717) is 16.9 Å². The number of nitrogens with zero attached hydrogens (tertiary/aromatic N) is 3. The van der Waals surface area contributed by atoms with Crippen LogP contribution in [0.4, 0.5) is 8.78 Å². The van der Waals surface area contributed by atoms with Crippen LogP contribution in [-0.4, -0.2) is 28.1 Å². The maximum absolute atomic E-state index is 14.0. The fourth-order valence-corrected chi connectivity index (χ4v) is 3.42. The molecule has 0 amide bonds. The molecule has 0 radical (unpaired) electrons. The molecule has 9 heteroatoms. The molecule has 0 aromatic heterocycles. The van der Waals surface area contributed by atoms with Gasteiger partial charge in [-0.3, -0.25) is 0 Å². The zero-order valence-electron chi connectivity index (χ0n) is 14.7. The third-order valence-corrected chi connectivity index (χ3v) is 5.64. The molecule has 0 saturated carbocycles. The lowest BCUT2D eigenvalue weighted by Crippen LogP contribution is -2.41. The molecule has 1 aromatic rings. The van der Waals surface area contributed by atoms with Gasteiger partial charge in [-0.05, 0) is 45.4 Å². The third-order valence-electron chi connectivity index (χ3n) is 3.96. The van der Waals surface area contributed by atoms with E-state index in [1.54, 1.807) is 6.92 Å². The number of nitrogens with one attached hydrogen (secondary N) is 1. The Morgan fingerprint density at radius 2 is 2.20 bits per heavy atom. The molecule has 0 bridgehead atoms. The maximum atomic E-state index is 14.0. The number of azide groups is 1. The van der Waals surface area contributed by atoms with E-state index in [-0.39, 0.29) is 13.0 Å². The average Bonchev–Trinajstić information content (AvgIpc) is 2.90. The molecule has 1 aliphatic heterocycles. The van der Waals surface area contributed by atoms with Gasteiger partial charge in [-0.1, -0.05) is 5.11 Å². The smallest absolute Gasteiger partial charge is 0.147 e. The third kappa shape index (κ3) is 4.36. The number of fused-ring (bicyclic) bond motifs is 1. The van der Waals surface area contributed by atoms with Crippen LogP contribution in [0.5, 0.6) is 5.75 Å². The molecule has 1 heterocycles. The van der Waals surface area contributed by atoms with Crippen LogP contribution in [0.1, 0.15) is 44.9 Å². The van der Waals surface area contributed by atoms with Gasteiger partial charge >= 0.3 is 0 Å². The van der Waals surface area contributed by atoms with Crippen molar-refractivity contribution in [2.75, 3.05) is 13.2 Å². The van der Waals surface area contributed by atoms with Gasteiger partial charge in [0.15, 0.2) is 0 Å². The Bertz CT molecular complexity index is 691. The second-order valence-electron chi connectivity index (χ2n) is 7.19. The number of ether oxygens (including phenoxy) is 1. The molecule has 0 spiro atoms. The molecule has 6 nitrogen and oxygen atoms in total. The second-order valence-corrected chi connectivity index (χ2v) is 9.19. The van der Waals surface area contributed by atoms with Gasteiger partial charge < -0.3 is 9.29 Å². The number of benzene rings is 1. The predicted molar refractivity (Wildman–Crippen MR) is 92.9 cm³/mol. The minimum absolute atomic E-state index is 0.109. The zero-order chi connectivity index (χ0) is 18.8. The van der Waals surface area contributed by atoms with Crippen molar-refractivity contribution in [2.45, 2.75) is 50.5 Å². The summed E-state index contributed by atoms with van der Waals surface area (Å²) in [5.74, 6) is -0.121. The molecule has 1 aliphatic rings. The Morgan fingerprint density at radius 3 is 2.76 bits per heavy atom. The van der Waals surface area contributed by atoms with Crippen molar-refractivity contribution in [1.29, 1.82) is 0 Å². The van der Waals surface area contributed by atoms with Crippen LogP contribution >= 0.6 is 0 Å². The van der Waals surface area contributed by atoms with E-state index in [1.165, 1.54) is 12.1 Å². The Kier molecular flexibility index (Phi) is 5.83. The van der Waals surface area contributed by atoms with Crippen molar-refractivity contribution in [3.05, 3.63) is 39.5 Å². The maximum Gasteiger partial charge on any atom is 0.147 e. The largest absolute Gasteiger partial charge is 0.598 e. The first-order chi connectivity index (χ1) is 11.6.